The first-order valence-corrected chi connectivity index (χ1v) is 9.89. The van der Waals surface area contributed by atoms with Gasteiger partial charge in [0.05, 0.1) is 17.2 Å². The third-order valence-electron chi connectivity index (χ3n) is 4.23. The Morgan fingerprint density at radius 3 is 2.54 bits per heavy atom. The number of carbonyl (C=O) groups excluding carboxylic acids is 1. The Morgan fingerprint density at radius 2 is 1.96 bits per heavy atom. The highest BCUT2D eigenvalue weighted by Gasteiger charge is 2.28. The highest BCUT2D eigenvalue weighted by Crippen LogP contribution is 2.31. The monoisotopic (exact) mass is 354 g/mol. The summed E-state index contributed by atoms with van der Waals surface area (Å²) in [5.74, 6) is 0.846. The Morgan fingerprint density at radius 1 is 1.29 bits per heavy atom. The van der Waals surface area contributed by atoms with E-state index in [2.05, 4.69) is 12.2 Å². The van der Waals surface area contributed by atoms with Crippen molar-refractivity contribution in [2.75, 3.05) is 25.0 Å². The van der Waals surface area contributed by atoms with Gasteiger partial charge >= 0.3 is 0 Å². The first-order chi connectivity index (χ1) is 11.4. The van der Waals surface area contributed by atoms with Gasteiger partial charge in [-0.2, -0.15) is 4.31 Å². The minimum atomic E-state index is -3.56. The van der Waals surface area contributed by atoms with Crippen LogP contribution in [0, 0.1) is 5.92 Å². The lowest BCUT2D eigenvalue weighted by Crippen LogP contribution is -2.37. The van der Waals surface area contributed by atoms with Crippen LogP contribution in [0.4, 0.5) is 5.69 Å². The summed E-state index contributed by atoms with van der Waals surface area (Å²) in [7, 11) is -3.56. The van der Waals surface area contributed by atoms with Crippen LogP contribution >= 0.6 is 0 Å². The van der Waals surface area contributed by atoms with Crippen molar-refractivity contribution < 1.29 is 17.9 Å². The van der Waals surface area contributed by atoms with Gasteiger partial charge in [-0.25, -0.2) is 8.42 Å². The maximum absolute atomic E-state index is 12.8. The molecule has 1 heterocycles. The van der Waals surface area contributed by atoms with Crippen molar-refractivity contribution in [1.82, 2.24) is 4.31 Å². The molecule has 0 radical (unpaired) electrons. The molecule has 1 aliphatic heterocycles. The van der Waals surface area contributed by atoms with E-state index in [4.69, 9.17) is 4.74 Å². The molecule has 1 aliphatic rings. The number of rotatable bonds is 6. The van der Waals surface area contributed by atoms with Crippen molar-refractivity contribution in [3.8, 4) is 5.75 Å². The van der Waals surface area contributed by atoms with E-state index in [1.54, 1.807) is 19.1 Å². The minimum Gasteiger partial charge on any atom is -0.492 e. The predicted molar refractivity (Wildman–Crippen MR) is 93.7 cm³/mol. The molecule has 0 spiro atoms. The second-order valence-corrected chi connectivity index (χ2v) is 8.02. The molecule has 1 saturated heterocycles. The summed E-state index contributed by atoms with van der Waals surface area (Å²) >= 11 is 0. The molecule has 0 atom stereocenters. The van der Waals surface area contributed by atoms with Crippen molar-refractivity contribution >= 4 is 21.6 Å². The van der Waals surface area contributed by atoms with Gasteiger partial charge in [-0.15, -0.1) is 0 Å². The third-order valence-corrected chi connectivity index (χ3v) is 6.12. The molecule has 0 bridgehead atoms. The lowest BCUT2D eigenvalue weighted by Gasteiger charge is -2.29. The van der Waals surface area contributed by atoms with Crippen molar-refractivity contribution in [1.29, 1.82) is 0 Å². The lowest BCUT2D eigenvalue weighted by atomic mass is 10.0. The highest BCUT2D eigenvalue weighted by atomic mass is 32.2. The van der Waals surface area contributed by atoms with E-state index >= 15 is 0 Å². The van der Waals surface area contributed by atoms with Gasteiger partial charge in [-0.3, -0.25) is 4.79 Å². The number of piperidine rings is 1. The van der Waals surface area contributed by atoms with Crippen LogP contribution in [0.5, 0.6) is 5.75 Å². The largest absolute Gasteiger partial charge is 0.492 e. The SMILES string of the molecule is CCOc1ccc(S(=O)(=O)N2CCC(C)CC2)cc1NC(=O)CC. The zero-order valence-corrected chi connectivity index (χ0v) is 15.4. The van der Waals surface area contributed by atoms with Crippen LogP contribution in [0.1, 0.15) is 40.0 Å². The molecule has 1 aromatic rings. The van der Waals surface area contributed by atoms with Crippen molar-refractivity contribution in [2.24, 2.45) is 5.92 Å². The maximum Gasteiger partial charge on any atom is 0.243 e. The first-order valence-electron chi connectivity index (χ1n) is 8.45. The van der Waals surface area contributed by atoms with Crippen LogP contribution in [0.2, 0.25) is 0 Å². The number of hydrogen-bond donors (Lipinski definition) is 1. The molecule has 0 aliphatic carbocycles. The van der Waals surface area contributed by atoms with Crippen LogP contribution in [0.25, 0.3) is 0 Å². The number of amides is 1. The molecule has 24 heavy (non-hydrogen) atoms. The summed E-state index contributed by atoms with van der Waals surface area (Å²) in [5.41, 5.74) is 0.398. The lowest BCUT2D eigenvalue weighted by molar-refractivity contribution is -0.115. The Labute approximate surface area is 144 Å². The van der Waals surface area contributed by atoms with E-state index in [1.807, 2.05) is 6.92 Å². The Bertz CT molecular complexity index is 680. The fraction of sp³-hybridized carbons (Fsp3) is 0.588. The second-order valence-electron chi connectivity index (χ2n) is 6.08. The molecule has 1 fully saturated rings. The molecule has 2 rings (SSSR count). The van der Waals surface area contributed by atoms with Crippen LogP contribution in [-0.2, 0) is 14.8 Å². The fourth-order valence-electron chi connectivity index (χ4n) is 2.66. The van der Waals surface area contributed by atoms with Crippen LogP contribution < -0.4 is 10.1 Å². The third kappa shape index (κ3) is 4.27. The minimum absolute atomic E-state index is 0.183. The number of sulfonamides is 1. The Balaban J connectivity index is 2.32. The number of nitrogens with zero attached hydrogens (tertiary/aromatic N) is 1. The zero-order chi connectivity index (χ0) is 17.7. The summed E-state index contributed by atoms with van der Waals surface area (Å²) in [4.78, 5) is 11.9. The van der Waals surface area contributed by atoms with Gasteiger partial charge in [0.2, 0.25) is 15.9 Å². The van der Waals surface area contributed by atoms with E-state index in [1.165, 1.54) is 10.4 Å². The van der Waals surface area contributed by atoms with Crippen molar-refractivity contribution in [2.45, 2.75) is 44.9 Å². The number of anilines is 1. The van der Waals surface area contributed by atoms with Crippen LogP contribution in [0.3, 0.4) is 0 Å². The van der Waals surface area contributed by atoms with E-state index in [9.17, 15) is 13.2 Å². The van der Waals surface area contributed by atoms with Gasteiger partial charge in [0, 0.05) is 19.5 Å². The molecule has 0 aromatic heterocycles. The van der Waals surface area contributed by atoms with Gasteiger partial charge in [0.15, 0.2) is 0 Å². The van der Waals surface area contributed by atoms with Crippen LogP contribution in [0.15, 0.2) is 23.1 Å². The number of benzene rings is 1. The van der Waals surface area contributed by atoms with Gasteiger partial charge < -0.3 is 10.1 Å². The summed E-state index contributed by atoms with van der Waals surface area (Å²) in [5, 5.41) is 2.72. The summed E-state index contributed by atoms with van der Waals surface area (Å²) < 4.78 is 32.7. The molecule has 6 nitrogen and oxygen atoms in total. The van der Waals surface area contributed by atoms with Gasteiger partial charge in [0.25, 0.3) is 0 Å². The predicted octanol–water partition coefficient (Wildman–Crippen LogP) is 2.85. The molecule has 1 amide bonds. The second kappa shape index (κ2) is 7.98. The van der Waals surface area contributed by atoms with Crippen molar-refractivity contribution in [3.63, 3.8) is 0 Å². The maximum atomic E-state index is 12.8. The topological polar surface area (TPSA) is 75.7 Å². The molecule has 0 unspecified atom stereocenters. The smallest absolute Gasteiger partial charge is 0.243 e. The van der Waals surface area contributed by atoms with E-state index in [-0.39, 0.29) is 10.8 Å². The van der Waals surface area contributed by atoms with E-state index in [0.29, 0.717) is 43.5 Å². The normalized spacial score (nSPS) is 16.8. The quantitative estimate of drug-likeness (QED) is 0.852. The molecule has 7 heteroatoms. The Hall–Kier alpha value is -1.60. The molecular formula is C17H26N2O4S. The summed E-state index contributed by atoms with van der Waals surface area (Å²) in [6.07, 6.45) is 2.05. The molecule has 1 N–H and O–H groups in total. The number of nitrogens with one attached hydrogen (secondary N) is 1. The Kier molecular flexibility index (Phi) is 6.23. The van der Waals surface area contributed by atoms with Gasteiger partial charge in [0.1, 0.15) is 5.75 Å². The number of hydrogen-bond acceptors (Lipinski definition) is 4. The standard InChI is InChI=1S/C17H26N2O4S/c1-4-17(20)18-15-12-14(6-7-16(15)23-5-2)24(21,22)19-10-8-13(3)9-11-19/h6-7,12-13H,4-5,8-11H2,1-3H3,(H,18,20). The van der Waals surface area contributed by atoms with E-state index in [0.717, 1.165) is 12.8 Å². The average molecular weight is 354 g/mol. The average Bonchev–Trinajstić information content (AvgIpc) is 2.56. The highest BCUT2D eigenvalue weighted by molar-refractivity contribution is 7.89. The van der Waals surface area contributed by atoms with Gasteiger partial charge in [-0.1, -0.05) is 13.8 Å². The number of ether oxygens (including phenoxy) is 1. The molecular weight excluding hydrogens is 328 g/mol. The van der Waals surface area contributed by atoms with Crippen molar-refractivity contribution in [3.05, 3.63) is 18.2 Å². The summed E-state index contributed by atoms with van der Waals surface area (Å²) in [6, 6.07) is 4.64. The van der Waals surface area contributed by atoms with E-state index < -0.39 is 10.0 Å². The van der Waals surface area contributed by atoms with Gasteiger partial charge in [-0.05, 0) is 43.9 Å². The molecule has 134 valence electrons. The summed E-state index contributed by atoms with van der Waals surface area (Å²) in [6.45, 7) is 7.22. The molecule has 0 saturated carbocycles. The molecule has 1 aromatic carbocycles. The fourth-order valence-corrected chi connectivity index (χ4v) is 4.16. The number of carbonyl (C=O) groups is 1. The van der Waals surface area contributed by atoms with Crippen LogP contribution in [-0.4, -0.2) is 38.3 Å². The first kappa shape index (κ1) is 18.7. The zero-order valence-electron chi connectivity index (χ0n) is 14.5.